The fourth-order valence-corrected chi connectivity index (χ4v) is 1.61. The Morgan fingerprint density at radius 1 is 1.47 bits per heavy atom. The molecule has 19 heavy (non-hydrogen) atoms. The molecule has 11 nitrogen and oxygen atoms in total. The third kappa shape index (κ3) is 10.7. The molecule has 1 atom stereocenters. The third-order valence-corrected chi connectivity index (χ3v) is 2.24. The molecule has 0 spiro atoms. The number of aliphatic carboxylic acids is 1. The van der Waals surface area contributed by atoms with Crippen molar-refractivity contribution in [1.29, 1.82) is 0 Å². The van der Waals surface area contributed by atoms with Crippen LogP contribution < -0.4 is 5.09 Å². The first-order valence-corrected chi connectivity index (χ1v) is 7.33. The fraction of sp³-hybridized carbons (Fsp3) is 0.333. The summed E-state index contributed by atoms with van der Waals surface area (Å²) in [5.74, 6) is -1.35. The number of aromatic amines is 1. The Morgan fingerprint density at radius 3 is 2.32 bits per heavy atom. The van der Waals surface area contributed by atoms with Gasteiger partial charge in [0.2, 0.25) is 0 Å². The van der Waals surface area contributed by atoms with E-state index in [1.165, 1.54) is 12.5 Å². The molecule has 1 unspecified atom stereocenters. The Hall–Kier alpha value is -0.900. The van der Waals surface area contributed by atoms with Crippen LogP contribution in [0.2, 0.25) is 0 Å². The molecule has 1 aromatic heterocycles. The van der Waals surface area contributed by atoms with Crippen LogP contribution in [0.3, 0.4) is 0 Å². The van der Waals surface area contributed by atoms with Gasteiger partial charge in [-0.3, -0.25) is 4.79 Å². The predicted molar refractivity (Wildman–Crippen MR) is 62.5 cm³/mol. The van der Waals surface area contributed by atoms with Gasteiger partial charge in [0.15, 0.2) is 0 Å². The van der Waals surface area contributed by atoms with E-state index in [1.807, 2.05) is 0 Å². The average Bonchev–Trinajstić information content (AvgIpc) is 2.66. The lowest BCUT2D eigenvalue weighted by molar-refractivity contribution is -0.139. The standard InChI is InChI=1S/C6H10N3O5P.H3O3P/c10-6(11)5(9-15(12,13)14)1-4-2-7-3-8-4;1-4(2)3/h2-3,5H,1H2,(H,7,8)(H,10,11)(H3,9,12,13,14);1-3H. The summed E-state index contributed by atoms with van der Waals surface area (Å²) in [6.45, 7) is 0. The van der Waals surface area contributed by atoms with Crippen LogP contribution >= 0.6 is 16.3 Å². The van der Waals surface area contributed by atoms with E-state index in [1.54, 1.807) is 5.09 Å². The molecular weight excluding hydrogens is 304 g/mol. The van der Waals surface area contributed by atoms with Crippen LogP contribution in [0.15, 0.2) is 12.5 Å². The molecule has 13 heteroatoms. The summed E-state index contributed by atoms with van der Waals surface area (Å²) in [6, 6.07) is -1.37. The van der Waals surface area contributed by atoms with E-state index in [4.69, 9.17) is 29.6 Å². The molecule has 0 aliphatic heterocycles. The summed E-state index contributed by atoms with van der Waals surface area (Å²) in [6.07, 6.45) is 2.70. The van der Waals surface area contributed by atoms with E-state index in [2.05, 4.69) is 9.97 Å². The molecule has 0 radical (unpaired) electrons. The number of nitrogens with zero attached hydrogens (tertiary/aromatic N) is 1. The van der Waals surface area contributed by atoms with Crippen molar-refractivity contribution >= 4 is 22.3 Å². The van der Waals surface area contributed by atoms with Gasteiger partial charge < -0.3 is 34.6 Å². The number of H-pyrrole nitrogens is 1. The minimum atomic E-state index is -4.56. The number of rotatable bonds is 5. The minimum absolute atomic E-state index is 0.107. The number of hydrogen-bond donors (Lipinski definition) is 8. The summed E-state index contributed by atoms with van der Waals surface area (Å²) < 4.78 is 10.6. The maximum absolute atomic E-state index is 10.7. The normalized spacial score (nSPS) is 12.7. The fourth-order valence-electron chi connectivity index (χ4n) is 1.00. The van der Waals surface area contributed by atoms with Crippen molar-refractivity contribution in [3.63, 3.8) is 0 Å². The summed E-state index contributed by atoms with van der Waals surface area (Å²) in [5, 5.41) is 10.4. The Balaban J connectivity index is 0.000000711. The van der Waals surface area contributed by atoms with Gasteiger partial charge in [0.05, 0.1) is 12.0 Å². The van der Waals surface area contributed by atoms with Crippen LogP contribution in [-0.2, 0) is 15.8 Å². The van der Waals surface area contributed by atoms with E-state index < -0.39 is 28.4 Å². The van der Waals surface area contributed by atoms with Gasteiger partial charge in [-0.25, -0.2) is 14.6 Å². The van der Waals surface area contributed by atoms with E-state index in [0.29, 0.717) is 5.69 Å². The van der Waals surface area contributed by atoms with Gasteiger partial charge in [0.1, 0.15) is 6.04 Å². The zero-order valence-electron chi connectivity index (χ0n) is 9.28. The number of aromatic nitrogens is 2. The molecule has 1 heterocycles. The largest absolute Gasteiger partial charge is 0.480 e. The molecule has 8 N–H and O–H groups in total. The molecule has 1 rings (SSSR count). The van der Waals surface area contributed by atoms with Gasteiger partial charge >= 0.3 is 22.3 Å². The number of carboxylic acid groups (broad SMARTS) is 1. The van der Waals surface area contributed by atoms with Gasteiger partial charge in [-0.2, -0.15) is 0 Å². The van der Waals surface area contributed by atoms with Crippen molar-refractivity contribution in [3.05, 3.63) is 18.2 Å². The van der Waals surface area contributed by atoms with Crippen LogP contribution in [0.1, 0.15) is 5.69 Å². The Kier molecular flexibility index (Phi) is 7.91. The smallest absolute Gasteiger partial charge is 0.401 e. The first-order chi connectivity index (χ1) is 8.61. The number of nitrogens with one attached hydrogen (secondary N) is 2. The summed E-state index contributed by atoms with van der Waals surface area (Å²) in [7, 11) is -7.18. The van der Waals surface area contributed by atoms with Crippen molar-refractivity contribution < 1.29 is 38.9 Å². The molecule has 0 amide bonds. The summed E-state index contributed by atoms with van der Waals surface area (Å²) in [4.78, 5) is 55.9. The van der Waals surface area contributed by atoms with Crippen LogP contribution in [0, 0.1) is 0 Å². The molecule has 0 saturated heterocycles. The number of carboxylic acids is 1. The monoisotopic (exact) mass is 317 g/mol. The highest BCUT2D eigenvalue weighted by atomic mass is 31.2. The maximum atomic E-state index is 10.7. The summed E-state index contributed by atoms with van der Waals surface area (Å²) in [5.41, 5.74) is 0.406. The Morgan fingerprint density at radius 2 is 2.00 bits per heavy atom. The van der Waals surface area contributed by atoms with Crippen molar-refractivity contribution in [1.82, 2.24) is 15.1 Å². The zero-order valence-corrected chi connectivity index (χ0v) is 11.1. The molecular formula is C6H13N3O8P2. The van der Waals surface area contributed by atoms with Crippen LogP contribution in [0.5, 0.6) is 0 Å². The highest BCUT2D eigenvalue weighted by molar-refractivity contribution is 7.49. The highest BCUT2D eigenvalue weighted by Gasteiger charge is 2.26. The molecule has 0 aliphatic carbocycles. The second-order valence-corrected chi connectivity index (χ2v) is 4.98. The molecule has 0 fully saturated rings. The quantitative estimate of drug-likeness (QED) is 0.289. The van der Waals surface area contributed by atoms with E-state index in [-0.39, 0.29) is 6.42 Å². The van der Waals surface area contributed by atoms with E-state index in [0.717, 1.165) is 0 Å². The van der Waals surface area contributed by atoms with Gasteiger partial charge in [0.25, 0.3) is 0 Å². The minimum Gasteiger partial charge on any atom is -0.480 e. The Labute approximate surface area is 108 Å². The van der Waals surface area contributed by atoms with Crippen molar-refractivity contribution in [3.8, 4) is 0 Å². The molecule has 0 bridgehead atoms. The second kappa shape index (κ2) is 8.31. The van der Waals surface area contributed by atoms with E-state index in [9.17, 15) is 9.36 Å². The van der Waals surface area contributed by atoms with Crippen molar-refractivity contribution in [2.75, 3.05) is 0 Å². The van der Waals surface area contributed by atoms with Crippen LogP contribution in [0.4, 0.5) is 0 Å². The lowest BCUT2D eigenvalue weighted by atomic mass is 10.2. The number of carbonyl (C=O) groups is 1. The van der Waals surface area contributed by atoms with Gasteiger partial charge in [0, 0.05) is 12.6 Å². The number of hydrogen-bond acceptors (Lipinski definition) is 6. The van der Waals surface area contributed by atoms with Gasteiger partial charge in [-0.1, -0.05) is 0 Å². The lowest BCUT2D eigenvalue weighted by Crippen LogP contribution is -2.36. The maximum Gasteiger partial charge on any atom is 0.401 e. The van der Waals surface area contributed by atoms with Crippen molar-refractivity contribution in [2.45, 2.75) is 12.5 Å². The van der Waals surface area contributed by atoms with Crippen LogP contribution in [0.25, 0.3) is 0 Å². The molecule has 1 aromatic rings. The van der Waals surface area contributed by atoms with Crippen LogP contribution in [-0.4, -0.2) is 51.6 Å². The Bertz CT molecular complexity index is 415. The molecule has 0 aromatic carbocycles. The zero-order chi connectivity index (χ0) is 15.1. The summed E-state index contributed by atoms with van der Waals surface area (Å²) >= 11 is 0. The molecule has 0 aliphatic rings. The highest BCUT2D eigenvalue weighted by Crippen LogP contribution is 2.29. The van der Waals surface area contributed by atoms with Gasteiger partial charge in [-0.05, 0) is 0 Å². The number of imidazole rings is 1. The third-order valence-electron chi connectivity index (χ3n) is 1.59. The SMILES string of the molecule is O=C(O)C(Cc1c[nH]cn1)NP(=O)(O)O.OP(O)O. The predicted octanol–water partition coefficient (Wildman–Crippen LogP) is -1.72. The van der Waals surface area contributed by atoms with Crippen molar-refractivity contribution in [2.24, 2.45) is 0 Å². The first-order valence-electron chi connectivity index (χ1n) is 4.52. The first kappa shape index (κ1) is 18.1. The second-order valence-electron chi connectivity index (χ2n) is 3.10. The lowest BCUT2D eigenvalue weighted by Gasteiger charge is -2.13. The average molecular weight is 317 g/mol. The molecule has 110 valence electrons. The molecule has 0 saturated carbocycles. The topological polar surface area (TPSA) is 196 Å². The van der Waals surface area contributed by atoms with Gasteiger partial charge in [-0.15, -0.1) is 0 Å². The van der Waals surface area contributed by atoms with E-state index >= 15 is 0 Å².